The molecule has 1 N–H and O–H groups in total. The van der Waals surface area contributed by atoms with Crippen molar-refractivity contribution in [2.75, 3.05) is 27.3 Å². The van der Waals surface area contributed by atoms with E-state index in [1.807, 2.05) is 37.3 Å². The van der Waals surface area contributed by atoms with E-state index in [1.165, 1.54) is 5.56 Å². The Kier molecular flexibility index (Phi) is 6.57. The van der Waals surface area contributed by atoms with Crippen LogP contribution in [0.3, 0.4) is 0 Å². The quantitative estimate of drug-likeness (QED) is 0.786. The standard InChI is InChI=1S/C23H30N2O3/c1-16-8-5-6-9-19(16)17(2)24-23(26)15-25-13-7-10-21(25)20-14-18(27-3)11-12-22(20)28-4/h5-6,8-9,11-12,14,17,21H,7,10,13,15H2,1-4H3,(H,24,26). The van der Waals surface area contributed by atoms with Crippen molar-refractivity contribution >= 4 is 5.91 Å². The first-order valence-corrected chi connectivity index (χ1v) is 9.84. The minimum Gasteiger partial charge on any atom is -0.497 e. The first kappa shape index (κ1) is 20.2. The lowest BCUT2D eigenvalue weighted by Gasteiger charge is -2.27. The Morgan fingerprint density at radius 2 is 2.00 bits per heavy atom. The highest BCUT2D eigenvalue weighted by Crippen LogP contribution is 2.38. The maximum atomic E-state index is 12.7. The molecule has 28 heavy (non-hydrogen) atoms. The lowest BCUT2D eigenvalue weighted by molar-refractivity contribution is -0.123. The van der Waals surface area contributed by atoms with Gasteiger partial charge in [-0.25, -0.2) is 0 Å². The number of hydrogen-bond acceptors (Lipinski definition) is 4. The van der Waals surface area contributed by atoms with Crippen molar-refractivity contribution in [2.45, 2.75) is 38.8 Å². The van der Waals surface area contributed by atoms with Gasteiger partial charge in [0.05, 0.1) is 26.8 Å². The lowest BCUT2D eigenvalue weighted by Crippen LogP contribution is -2.38. The molecule has 3 rings (SSSR count). The van der Waals surface area contributed by atoms with Crippen LogP contribution in [0, 0.1) is 6.92 Å². The van der Waals surface area contributed by atoms with Crippen molar-refractivity contribution in [1.82, 2.24) is 10.2 Å². The molecule has 0 saturated carbocycles. The fraction of sp³-hybridized carbons (Fsp3) is 0.435. The molecule has 1 fully saturated rings. The molecular weight excluding hydrogens is 352 g/mol. The molecule has 1 heterocycles. The summed E-state index contributed by atoms with van der Waals surface area (Å²) in [4.78, 5) is 15.0. The summed E-state index contributed by atoms with van der Waals surface area (Å²) in [5.74, 6) is 1.69. The summed E-state index contributed by atoms with van der Waals surface area (Å²) >= 11 is 0. The predicted octanol–water partition coefficient (Wildman–Crippen LogP) is 4.03. The van der Waals surface area contributed by atoms with Crippen LogP contribution in [-0.2, 0) is 4.79 Å². The van der Waals surface area contributed by atoms with Gasteiger partial charge in [0.2, 0.25) is 5.91 Å². The van der Waals surface area contributed by atoms with Gasteiger partial charge in [-0.1, -0.05) is 24.3 Å². The number of ether oxygens (including phenoxy) is 2. The molecule has 0 radical (unpaired) electrons. The third-order valence-corrected chi connectivity index (χ3v) is 5.54. The average Bonchev–Trinajstić information content (AvgIpc) is 3.15. The number of nitrogens with zero attached hydrogens (tertiary/aromatic N) is 1. The number of nitrogens with one attached hydrogen (secondary N) is 1. The van der Waals surface area contributed by atoms with Crippen LogP contribution in [0.25, 0.3) is 0 Å². The Hall–Kier alpha value is -2.53. The van der Waals surface area contributed by atoms with Crippen LogP contribution in [0.1, 0.15) is 48.5 Å². The van der Waals surface area contributed by atoms with Crippen molar-refractivity contribution < 1.29 is 14.3 Å². The van der Waals surface area contributed by atoms with E-state index in [1.54, 1.807) is 14.2 Å². The van der Waals surface area contributed by atoms with Crippen molar-refractivity contribution in [3.05, 3.63) is 59.2 Å². The molecule has 2 aromatic carbocycles. The van der Waals surface area contributed by atoms with Gasteiger partial charge in [-0.3, -0.25) is 9.69 Å². The maximum absolute atomic E-state index is 12.7. The second-order valence-corrected chi connectivity index (χ2v) is 7.38. The molecule has 1 saturated heterocycles. The van der Waals surface area contributed by atoms with Crippen molar-refractivity contribution in [2.24, 2.45) is 0 Å². The minimum absolute atomic E-state index is 0.0129. The Morgan fingerprint density at radius 1 is 1.21 bits per heavy atom. The topological polar surface area (TPSA) is 50.8 Å². The summed E-state index contributed by atoms with van der Waals surface area (Å²) in [6, 6.07) is 14.2. The van der Waals surface area contributed by atoms with Gasteiger partial charge in [0.1, 0.15) is 11.5 Å². The van der Waals surface area contributed by atoms with Gasteiger partial charge in [-0.05, 0) is 62.6 Å². The first-order valence-electron chi connectivity index (χ1n) is 9.84. The van der Waals surface area contributed by atoms with Crippen LogP contribution < -0.4 is 14.8 Å². The van der Waals surface area contributed by atoms with Crippen LogP contribution >= 0.6 is 0 Å². The number of carbonyl (C=O) groups excluding carboxylic acids is 1. The molecule has 1 aliphatic heterocycles. The van der Waals surface area contributed by atoms with E-state index >= 15 is 0 Å². The van der Waals surface area contributed by atoms with Gasteiger partial charge in [0.15, 0.2) is 0 Å². The molecule has 0 bridgehead atoms. The van der Waals surface area contributed by atoms with E-state index in [2.05, 4.69) is 29.3 Å². The van der Waals surface area contributed by atoms with E-state index in [0.717, 1.165) is 42.0 Å². The van der Waals surface area contributed by atoms with Gasteiger partial charge in [-0.15, -0.1) is 0 Å². The molecule has 5 nitrogen and oxygen atoms in total. The van der Waals surface area contributed by atoms with Crippen LogP contribution in [0.4, 0.5) is 0 Å². The fourth-order valence-corrected chi connectivity index (χ4v) is 4.09. The number of aryl methyl sites for hydroxylation is 1. The van der Waals surface area contributed by atoms with Crippen molar-refractivity contribution in [3.8, 4) is 11.5 Å². The highest BCUT2D eigenvalue weighted by molar-refractivity contribution is 5.78. The fourth-order valence-electron chi connectivity index (χ4n) is 4.09. The van der Waals surface area contributed by atoms with Gasteiger partial charge in [0, 0.05) is 11.6 Å². The van der Waals surface area contributed by atoms with Gasteiger partial charge in [-0.2, -0.15) is 0 Å². The summed E-state index contributed by atoms with van der Waals surface area (Å²) in [5.41, 5.74) is 3.43. The lowest BCUT2D eigenvalue weighted by atomic mass is 10.0. The number of methoxy groups -OCH3 is 2. The summed E-state index contributed by atoms with van der Waals surface area (Å²) in [6.45, 7) is 5.38. The number of amides is 1. The number of carbonyl (C=O) groups is 1. The van der Waals surface area contributed by atoms with Crippen LogP contribution in [0.15, 0.2) is 42.5 Å². The average molecular weight is 383 g/mol. The molecule has 1 aliphatic rings. The van der Waals surface area contributed by atoms with E-state index < -0.39 is 0 Å². The largest absolute Gasteiger partial charge is 0.497 e. The number of benzene rings is 2. The first-order chi connectivity index (χ1) is 13.5. The van der Waals surface area contributed by atoms with E-state index in [9.17, 15) is 4.79 Å². The second kappa shape index (κ2) is 9.11. The van der Waals surface area contributed by atoms with Crippen LogP contribution in [0.2, 0.25) is 0 Å². The minimum atomic E-state index is -0.0129. The van der Waals surface area contributed by atoms with Crippen LogP contribution in [0.5, 0.6) is 11.5 Å². The van der Waals surface area contributed by atoms with E-state index in [0.29, 0.717) is 6.54 Å². The Bertz CT molecular complexity index is 821. The third-order valence-electron chi connectivity index (χ3n) is 5.54. The zero-order valence-electron chi connectivity index (χ0n) is 17.2. The van der Waals surface area contributed by atoms with E-state index in [4.69, 9.17) is 9.47 Å². The highest BCUT2D eigenvalue weighted by atomic mass is 16.5. The van der Waals surface area contributed by atoms with Gasteiger partial charge in [0.25, 0.3) is 0 Å². The van der Waals surface area contributed by atoms with Gasteiger partial charge >= 0.3 is 0 Å². The molecule has 2 aromatic rings. The number of likely N-dealkylation sites (tertiary alicyclic amines) is 1. The Morgan fingerprint density at radius 3 is 2.71 bits per heavy atom. The zero-order valence-corrected chi connectivity index (χ0v) is 17.2. The molecule has 2 atom stereocenters. The molecule has 5 heteroatoms. The molecule has 150 valence electrons. The van der Waals surface area contributed by atoms with Gasteiger partial charge < -0.3 is 14.8 Å². The second-order valence-electron chi connectivity index (χ2n) is 7.38. The molecule has 1 amide bonds. The molecule has 0 aromatic heterocycles. The SMILES string of the molecule is COc1ccc(OC)c(C2CCCN2CC(=O)NC(C)c2ccccc2C)c1. The molecule has 0 aliphatic carbocycles. The molecule has 0 spiro atoms. The summed E-state index contributed by atoms with van der Waals surface area (Å²) in [7, 11) is 3.35. The smallest absolute Gasteiger partial charge is 0.234 e. The number of rotatable bonds is 7. The maximum Gasteiger partial charge on any atom is 0.234 e. The molecular formula is C23H30N2O3. The summed E-state index contributed by atoms with van der Waals surface area (Å²) in [5, 5.41) is 3.15. The van der Waals surface area contributed by atoms with Crippen molar-refractivity contribution in [3.63, 3.8) is 0 Å². The van der Waals surface area contributed by atoms with E-state index in [-0.39, 0.29) is 18.0 Å². The predicted molar refractivity (Wildman–Crippen MR) is 111 cm³/mol. The Balaban J connectivity index is 1.70. The zero-order chi connectivity index (χ0) is 20.1. The third kappa shape index (κ3) is 4.47. The normalized spacial score (nSPS) is 17.9. The summed E-state index contributed by atoms with van der Waals surface area (Å²) in [6.07, 6.45) is 2.07. The monoisotopic (exact) mass is 382 g/mol. The van der Waals surface area contributed by atoms with Crippen LogP contribution in [-0.4, -0.2) is 38.1 Å². The molecule has 2 unspecified atom stereocenters. The number of hydrogen-bond donors (Lipinski definition) is 1. The summed E-state index contributed by atoms with van der Waals surface area (Å²) < 4.78 is 11.0. The Labute approximate surface area is 167 Å². The van der Waals surface area contributed by atoms with Crippen molar-refractivity contribution in [1.29, 1.82) is 0 Å². The highest BCUT2D eigenvalue weighted by Gasteiger charge is 2.30.